The largest absolute Gasteiger partial charge is 0.493 e. The molecule has 0 unspecified atom stereocenters. The Kier molecular flexibility index (Phi) is 6.77. The van der Waals surface area contributed by atoms with Crippen molar-refractivity contribution in [2.75, 3.05) is 13.2 Å². The van der Waals surface area contributed by atoms with E-state index < -0.39 is 50.5 Å². The van der Waals surface area contributed by atoms with Gasteiger partial charge in [-0.3, -0.25) is 9.88 Å². The first-order chi connectivity index (χ1) is 17.1. The van der Waals surface area contributed by atoms with Crippen molar-refractivity contribution in [2.45, 2.75) is 48.2 Å². The summed E-state index contributed by atoms with van der Waals surface area (Å²) < 4.78 is 87.6. The van der Waals surface area contributed by atoms with E-state index in [2.05, 4.69) is 9.97 Å². The molecule has 4 heterocycles. The topological polar surface area (TPSA) is 72.4 Å². The number of rotatable bonds is 5. The molecule has 192 valence electrons. The van der Waals surface area contributed by atoms with Gasteiger partial charge in [-0.15, -0.1) is 11.3 Å². The van der Waals surface area contributed by atoms with Gasteiger partial charge in [-0.2, -0.15) is 13.2 Å². The highest BCUT2D eigenvalue weighted by atomic mass is 32.2. The summed E-state index contributed by atoms with van der Waals surface area (Å²) in [4.78, 5) is 9.54. The van der Waals surface area contributed by atoms with Gasteiger partial charge in [0.05, 0.1) is 12.5 Å². The highest BCUT2D eigenvalue weighted by Gasteiger charge is 2.46. The van der Waals surface area contributed by atoms with Crippen molar-refractivity contribution in [3.8, 4) is 5.75 Å². The van der Waals surface area contributed by atoms with Crippen LogP contribution < -0.4 is 4.74 Å². The predicted octanol–water partition coefficient (Wildman–Crippen LogP) is 5.49. The Labute approximate surface area is 209 Å². The molecule has 0 spiro atoms. The number of hydrogen-bond donors (Lipinski definition) is 0. The van der Waals surface area contributed by atoms with Crippen LogP contribution in [-0.4, -0.2) is 42.6 Å². The van der Waals surface area contributed by atoms with Crippen LogP contribution in [0, 0.1) is 11.7 Å². The summed E-state index contributed by atoms with van der Waals surface area (Å²) in [5.41, 5.74) is 1.09. The van der Waals surface area contributed by atoms with Crippen molar-refractivity contribution in [2.24, 2.45) is 5.92 Å². The number of halogens is 4. The van der Waals surface area contributed by atoms with Gasteiger partial charge in [-0.25, -0.2) is 17.8 Å². The van der Waals surface area contributed by atoms with Gasteiger partial charge in [0.1, 0.15) is 27.2 Å². The van der Waals surface area contributed by atoms with Crippen LogP contribution >= 0.6 is 11.3 Å². The van der Waals surface area contributed by atoms with E-state index in [4.69, 9.17) is 4.74 Å². The molecule has 2 aliphatic heterocycles. The maximum atomic E-state index is 15.3. The molecule has 0 radical (unpaired) electrons. The van der Waals surface area contributed by atoms with Gasteiger partial charge in [0.15, 0.2) is 9.84 Å². The molecule has 3 atom stereocenters. The Hall–Kier alpha value is -2.57. The number of nitrogens with zero attached hydrogens (tertiary/aromatic N) is 3. The van der Waals surface area contributed by atoms with Crippen molar-refractivity contribution in [1.29, 1.82) is 0 Å². The second-order valence-electron chi connectivity index (χ2n) is 8.96. The third-order valence-corrected chi connectivity index (χ3v) is 9.38. The Morgan fingerprint density at radius 3 is 2.69 bits per heavy atom. The van der Waals surface area contributed by atoms with Crippen LogP contribution in [0.4, 0.5) is 17.6 Å². The number of pyridine rings is 1. The Bertz CT molecular complexity index is 1320. The summed E-state index contributed by atoms with van der Waals surface area (Å²) in [7, 11) is -4.02. The molecule has 0 N–H and O–H groups in total. The van der Waals surface area contributed by atoms with Gasteiger partial charge in [0.2, 0.25) is 0 Å². The first-order valence-electron chi connectivity index (χ1n) is 11.4. The smallest absolute Gasteiger partial charge is 0.391 e. The molecule has 1 fully saturated rings. The number of ether oxygens (including phenoxy) is 1. The quantitative estimate of drug-likeness (QED) is 0.398. The average molecular weight is 542 g/mol. The summed E-state index contributed by atoms with van der Waals surface area (Å²) in [6.07, 6.45) is 0.516. The zero-order chi connectivity index (χ0) is 25.5. The number of hydrogen-bond acceptors (Lipinski definition) is 7. The normalized spacial score (nSPS) is 23.2. The van der Waals surface area contributed by atoms with Crippen molar-refractivity contribution < 1.29 is 30.7 Å². The molecule has 3 aromatic rings. The molecular formula is C24H23F4N3O3S2. The lowest BCUT2D eigenvalue weighted by Crippen LogP contribution is -2.44. The first kappa shape index (κ1) is 25.1. The number of likely N-dealkylation sites (tertiary alicyclic amines) is 1. The lowest BCUT2D eigenvalue weighted by atomic mass is 9.84. The van der Waals surface area contributed by atoms with Crippen LogP contribution in [0.2, 0.25) is 0 Å². The SMILES string of the molecule is O=S(=O)(Cc1nccs1)c1cc2c(cc1F)[C@@H](N1CC[C@@H](C(F)(F)F)C[C@H]1c1cccnc1)CCO2. The van der Waals surface area contributed by atoms with Gasteiger partial charge in [-0.05, 0) is 37.1 Å². The molecule has 5 rings (SSSR count). The van der Waals surface area contributed by atoms with E-state index in [1.165, 1.54) is 12.3 Å². The molecule has 0 aliphatic carbocycles. The van der Waals surface area contributed by atoms with Crippen LogP contribution in [0.1, 0.15) is 47.5 Å². The van der Waals surface area contributed by atoms with Gasteiger partial charge in [0.25, 0.3) is 0 Å². The lowest BCUT2D eigenvalue weighted by molar-refractivity contribution is -0.192. The molecule has 1 aromatic carbocycles. The molecule has 0 saturated carbocycles. The van der Waals surface area contributed by atoms with Crippen LogP contribution in [0.5, 0.6) is 5.75 Å². The standard InChI is InChI=1S/C24H23F4N3O3S2/c25-18-11-17-19(4-8-34-21(17)12-22(18)36(32,33)14-23-30-6-9-35-23)31-7-3-16(24(26,27)28)10-20(31)15-2-1-5-29-13-15/h1-2,5-6,9,11-13,16,19-20H,3-4,7-8,10,14H2/t16-,19+,20+/m1/s1. The van der Waals surface area contributed by atoms with Crippen LogP contribution in [0.15, 0.2) is 53.1 Å². The minimum Gasteiger partial charge on any atom is -0.493 e. The fourth-order valence-electron chi connectivity index (χ4n) is 5.07. The fraction of sp³-hybridized carbons (Fsp3) is 0.417. The van der Waals surface area contributed by atoms with Crippen LogP contribution in [0.25, 0.3) is 0 Å². The van der Waals surface area contributed by atoms with Crippen molar-refractivity contribution in [1.82, 2.24) is 14.9 Å². The number of fused-ring (bicyclic) bond motifs is 1. The summed E-state index contributed by atoms with van der Waals surface area (Å²) >= 11 is 1.16. The molecule has 36 heavy (non-hydrogen) atoms. The summed E-state index contributed by atoms with van der Waals surface area (Å²) in [6, 6.07) is 4.77. The molecule has 0 bridgehead atoms. The second-order valence-corrected chi connectivity index (χ2v) is 11.9. The first-order valence-corrected chi connectivity index (χ1v) is 14.0. The summed E-state index contributed by atoms with van der Waals surface area (Å²) in [5, 5.41) is 1.99. The monoisotopic (exact) mass is 541 g/mol. The Balaban J connectivity index is 1.49. The maximum Gasteiger partial charge on any atom is 0.391 e. The third kappa shape index (κ3) is 4.98. The second kappa shape index (κ2) is 9.71. The highest BCUT2D eigenvalue weighted by Crippen LogP contribution is 2.48. The molecular weight excluding hydrogens is 518 g/mol. The van der Waals surface area contributed by atoms with E-state index in [1.807, 2.05) is 4.90 Å². The minimum atomic E-state index is -4.31. The van der Waals surface area contributed by atoms with E-state index >= 15 is 4.39 Å². The number of aromatic nitrogens is 2. The number of benzene rings is 1. The summed E-state index contributed by atoms with van der Waals surface area (Å²) in [6.45, 7) is 0.383. The van der Waals surface area contributed by atoms with Crippen LogP contribution in [-0.2, 0) is 15.6 Å². The maximum absolute atomic E-state index is 15.3. The number of piperidine rings is 1. The van der Waals surface area contributed by atoms with Gasteiger partial charge in [-0.1, -0.05) is 6.07 Å². The molecule has 12 heteroatoms. The number of alkyl halides is 3. The number of thiazole rings is 1. The van der Waals surface area contributed by atoms with Gasteiger partial charge >= 0.3 is 6.18 Å². The molecule has 2 aromatic heterocycles. The number of sulfone groups is 1. The fourth-order valence-corrected chi connectivity index (χ4v) is 7.41. The van der Waals surface area contributed by atoms with E-state index in [0.29, 0.717) is 22.6 Å². The van der Waals surface area contributed by atoms with Crippen molar-refractivity contribution >= 4 is 21.2 Å². The van der Waals surface area contributed by atoms with E-state index in [9.17, 15) is 21.6 Å². The van der Waals surface area contributed by atoms with Gasteiger partial charge < -0.3 is 4.74 Å². The average Bonchev–Trinajstić information content (AvgIpc) is 3.35. The van der Waals surface area contributed by atoms with Crippen molar-refractivity contribution in [3.05, 3.63) is 70.2 Å². The lowest BCUT2D eigenvalue weighted by Gasteiger charge is -2.46. The predicted molar refractivity (Wildman–Crippen MR) is 125 cm³/mol. The van der Waals surface area contributed by atoms with Crippen molar-refractivity contribution in [3.63, 3.8) is 0 Å². The van der Waals surface area contributed by atoms with Crippen LogP contribution in [0.3, 0.4) is 0 Å². The minimum absolute atomic E-state index is 0.0737. The van der Waals surface area contributed by atoms with E-state index in [-0.39, 0.29) is 31.7 Å². The molecule has 6 nitrogen and oxygen atoms in total. The summed E-state index contributed by atoms with van der Waals surface area (Å²) in [5.74, 6) is -2.57. The Morgan fingerprint density at radius 2 is 2.00 bits per heavy atom. The zero-order valence-electron chi connectivity index (χ0n) is 19.0. The highest BCUT2D eigenvalue weighted by molar-refractivity contribution is 7.90. The molecule has 1 saturated heterocycles. The third-order valence-electron chi connectivity index (χ3n) is 6.78. The molecule has 0 amide bonds. The van der Waals surface area contributed by atoms with E-state index in [0.717, 1.165) is 17.4 Å². The zero-order valence-corrected chi connectivity index (χ0v) is 20.6. The van der Waals surface area contributed by atoms with Gasteiger partial charge in [0, 0.05) is 54.1 Å². The molecule has 2 aliphatic rings. The Morgan fingerprint density at radius 1 is 1.17 bits per heavy atom. The van der Waals surface area contributed by atoms with E-state index in [1.54, 1.807) is 29.9 Å².